The number of benzene rings is 2. The molecule has 0 aliphatic carbocycles. The van der Waals surface area contributed by atoms with E-state index in [4.69, 9.17) is 22.1 Å². The van der Waals surface area contributed by atoms with Crippen molar-refractivity contribution in [3.8, 4) is 5.88 Å². The van der Waals surface area contributed by atoms with Crippen LogP contribution < -0.4 is 21.1 Å². The Morgan fingerprint density at radius 3 is 2.77 bits per heavy atom. The van der Waals surface area contributed by atoms with Gasteiger partial charge in [0.1, 0.15) is 11.6 Å². The molecule has 0 saturated carbocycles. The normalized spacial score (nSPS) is 22.7. The SMILES string of the molecule is COc1cc([C@H](c2ccc(Cl)c(F)c2)[C@H](N)C(=O)Nc2cccc(F)c2CCC2CNC3CCCS(=O)(=O)N2C3)ccn1. The van der Waals surface area contributed by atoms with Gasteiger partial charge in [-0.15, -0.1) is 0 Å². The van der Waals surface area contributed by atoms with Gasteiger partial charge in [-0.25, -0.2) is 22.2 Å². The second-order valence-electron chi connectivity index (χ2n) is 10.9. The molecule has 4 N–H and O–H groups in total. The molecule has 0 radical (unpaired) electrons. The van der Waals surface area contributed by atoms with Gasteiger partial charge >= 0.3 is 0 Å². The summed E-state index contributed by atoms with van der Waals surface area (Å²) in [5.41, 5.74) is 7.96. The highest BCUT2D eigenvalue weighted by Gasteiger charge is 2.38. The highest BCUT2D eigenvalue weighted by atomic mass is 35.5. The van der Waals surface area contributed by atoms with Crippen molar-refractivity contribution in [3.05, 3.63) is 88.1 Å². The largest absolute Gasteiger partial charge is 0.481 e. The number of nitrogens with one attached hydrogen (secondary N) is 2. The third kappa shape index (κ3) is 6.99. The number of nitrogens with zero attached hydrogens (tertiary/aromatic N) is 2. The van der Waals surface area contributed by atoms with Gasteiger partial charge in [0.2, 0.25) is 21.8 Å². The first-order chi connectivity index (χ1) is 20.6. The summed E-state index contributed by atoms with van der Waals surface area (Å²) in [5.74, 6) is -2.26. The summed E-state index contributed by atoms with van der Waals surface area (Å²) in [4.78, 5) is 17.7. The number of methoxy groups -OCH3 is 1. The molecule has 2 bridgehead atoms. The van der Waals surface area contributed by atoms with E-state index in [9.17, 15) is 17.6 Å². The average Bonchev–Trinajstić information content (AvgIpc) is 3.10. The Labute approximate surface area is 254 Å². The first-order valence-electron chi connectivity index (χ1n) is 14.1. The molecule has 1 aromatic heterocycles. The van der Waals surface area contributed by atoms with Crippen molar-refractivity contribution >= 4 is 33.2 Å². The molecule has 2 aliphatic heterocycles. The van der Waals surface area contributed by atoms with Crippen molar-refractivity contribution < 1.29 is 26.7 Å². The van der Waals surface area contributed by atoms with Crippen molar-refractivity contribution in [1.29, 1.82) is 0 Å². The second-order valence-corrected chi connectivity index (χ2v) is 13.3. The minimum atomic E-state index is -3.40. The molecular weight excluding hydrogens is 600 g/mol. The highest BCUT2D eigenvalue weighted by molar-refractivity contribution is 7.89. The van der Waals surface area contributed by atoms with Gasteiger partial charge in [0.05, 0.1) is 23.9 Å². The Kier molecular flexibility index (Phi) is 9.62. The van der Waals surface area contributed by atoms with E-state index in [1.807, 2.05) is 0 Å². The fraction of sp³-hybridized carbons (Fsp3) is 0.400. The number of nitrogens with two attached hydrogens (primary N) is 1. The predicted octanol–water partition coefficient (Wildman–Crippen LogP) is 3.82. The number of fused-ring (bicyclic) bond motifs is 2. The monoisotopic (exact) mass is 633 g/mol. The molecule has 2 aromatic carbocycles. The van der Waals surface area contributed by atoms with Crippen LogP contribution in [-0.4, -0.2) is 67.7 Å². The van der Waals surface area contributed by atoms with Crippen LogP contribution in [0.1, 0.15) is 41.9 Å². The molecule has 230 valence electrons. The Morgan fingerprint density at radius 2 is 2.00 bits per heavy atom. The molecule has 9 nitrogen and oxygen atoms in total. The minimum Gasteiger partial charge on any atom is -0.481 e. The van der Waals surface area contributed by atoms with Crippen LogP contribution in [0.25, 0.3) is 0 Å². The van der Waals surface area contributed by atoms with Crippen molar-refractivity contribution in [2.45, 2.75) is 49.7 Å². The quantitative estimate of drug-likeness (QED) is 0.327. The summed E-state index contributed by atoms with van der Waals surface area (Å²) >= 11 is 5.91. The molecule has 2 aliphatic rings. The topological polar surface area (TPSA) is 127 Å². The maximum absolute atomic E-state index is 15.2. The first-order valence-corrected chi connectivity index (χ1v) is 16.1. The number of aromatic nitrogens is 1. The summed E-state index contributed by atoms with van der Waals surface area (Å²) in [6, 6.07) is 10.4. The highest BCUT2D eigenvalue weighted by Crippen LogP contribution is 2.32. The van der Waals surface area contributed by atoms with E-state index in [-0.39, 0.29) is 46.4 Å². The second kappa shape index (κ2) is 13.2. The van der Waals surface area contributed by atoms with E-state index >= 15 is 4.39 Å². The lowest BCUT2D eigenvalue weighted by Gasteiger charge is -2.37. The number of hydrogen-bond donors (Lipinski definition) is 3. The summed E-state index contributed by atoms with van der Waals surface area (Å²) in [6.07, 6.45) is 3.44. The van der Waals surface area contributed by atoms with E-state index in [1.54, 1.807) is 28.6 Å². The van der Waals surface area contributed by atoms with Crippen molar-refractivity contribution in [3.63, 3.8) is 0 Å². The van der Waals surface area contributed by atoms with Gasteiger partial charge in [0.25, 0.3) is 0 Å². The van der Waals surface area contributed by atoms with E-state index < -0.39 is 39.5 Å². The maximum atomic E-state index is 15.2. The summed E-state index contributed by atoms with van der Waals surface area (Å²) in [7, 11) is -1.95. The number of hydrogen-bond acceptors (Lipinski definition) is 7. The smallest absolute Gasteiger partial charge is 0.242 e. The zero-order chi connectivity index (χ0) is 30.7. The number of pyridine rings is 1. The van der Waals surface area contributed by atoms with Crippen LogP contribution >= 0.6 is 11.6 Å². The molecule has 3 heterocycles. The molecule has 0 spiro atoms. The number of rotatable bonds is 9. The Bertz CT molecular complexity index is 1590. The van der Waals surface area contributed by atoms with E-state index in [1.165, 1.54) is 37.6 Å². The van der Waals surface area contributed by atoms with Crippen molar-refractivity contribution in [2.75, 3.05) is 31.3 Å². The van der Waals surface area contributed by atoms with Crippen LogP contribution in [0.2, 0.25) is 5.02 Å². The fourth-order valence-electron chi connectivity index (χ4n) is 5.90. The third-order valence-corrected chi connectivity index (χ3v) is 10.4. The average molecular weight is 634 g/mol. The number of ether oxygens (including phenoxy) is 1. The zero-order valence-electron chi connectivity index (χ0n) is 23.6. The standard InChI is InChI=1S/C30H34ClF2N5O4S/c1-42-27-15-19(11-12-35-27)28(18-7-10-23(31)25(33)14-18)29(34)30(39)37-26-6-2-5-24(32)22(26)9-8-21-16-36-20-4-3-13-43(40,41)38(21)17-20/h2,5-7,10-12,14-15,20-21,28-29,36H,3-4,8-9,13,16-17,34H2,1H3,(H,37,39)/t20?,21?,28-,29-/m0/s1. The lowest BCUT2D eigenvalue weighted by molar-refractivity contribution is -0.117. The molecule has 1 amide bonds. The Morgan fingerprint density at radius 1 is 1.21 bits per heavy atom. The predicted molar refractivity (Wildman–Crippen MR) is 161 cm³/mol. The number of anilines is 1. The molecule has 43 heavy (non-hydrogen) atoms. The van der Waals surface area contributed by atoms with Crippen LogP contribution in [-0.2, 0) is 21.2 Å². The Balaban J connectivity index is 1.38. The lowest BCUT2D eigenvalue weighted by atomic mass is 9.85. The van der Waals surface area contributed by atoms with Crippen LogP contribution in [0, 0.1) is 11.6 Å². The van der Waals surface area contributed by atoms with Gasteiger partial charge in [0.15, 0.2) is 0 Å². The molecule has 3 unspecified atom stereocenters. The van der Waals surface area contributed by atoms with E-state index in [0.29, 0.717) is 37.1 Å². The summed E-state index contributed by atoms with van der Waals surface area (Å²) in [5, 5.41) is 6.11. The maximum Gasteiger partial charge on any atom is 0.242 e. The van der Waals surface area contributed by atoms with Gasteiger partial charge in [-0.05, 0) is 67.1 Å². The van der Waals surface area contributed by atoms with E-state index in [0.717, 1.165) is 6.42 Å². The zero-order valence-corrected chi connectivity index (χ0v) is 25.2. The van der Waals surface area contributed by atoms with Gasteiger partial charge in [-0.2, -0.15) is 4.31 Å². The number of halogens is 3. The molecule has 5 atom stereocenters. The number of carbonyl (C=O) groups excluding carboxylic acids is 1. The first kappa shape index (κ1) is 31.3. The van der Waals surface area contributed by atoms with Gasteiger partial charge in [-0.1, -0.05) is 23.7 Å². The fourth-order valence-corrected chi connectivity index (χ4v) is 7.82. The van der Waals surface area contributed by atoms with Crippen LogP contribution in [0.3, 0.4) is 0 Å². The minimum absolute atomic E-state index is 0.0751. The molecule has 3 aromatic rings. The van der Waals surface area contributed by atoms with Crippen molar-refractivity contribution in [2.24, 2.45) is 5.73 Å². The molecule has 2 fully saturated rings. The molecule has 5 rings (SSSR count). The Hall–Kier alpha value is -3.16. The summed E-state index contributed by atoms with van der Waals surface area (Å²) < 4.78 is 62.2. The number of piperazine rings is 1. The molecular formula is C30H34ClF2N5O4S. The number of amides is 1. The van der Waals surface area contributed by atoms with Gasteiger partial charge in [0, 0.05) is 54.6 Å². The van der Waals surface area contributed by atoms with E-state index in [2.05, 4.69) is 15.6 Å². The number of sulfonamides is 1. The van der Waals surface area contributed by atoms with Crippen LogP contribution in [0.5, 0.6) is 5.88 Å². The van der Waals surface area contributed by atoms with Crippen molar-refractivity contribution in [1.82, 2.24) is 14.6 Å². The molecule has 2 saturated heterocycles. The summed E-state index contributed by atoms with van der Waals surface area (Å²) in [6.45, 7) is 0.870. The van der Waals surface area contributed by atoms with Gasteiger partial charge < -0.3 is 21.1 Å². The van der Waals surface area contributed by atoms with Gasteiger partial charge in [-0.3, -0.25) is 4.79 Å². The molecule has 13 heteroatoms. The third-order valence-electron chi connectivity index (χ3n) is 8.16. The van der Waals surface area contributed by atoms with Crippen LogP contribution in [0.15, 0.2) is 54.7 Å². The van der Waals surface area contributed by atoms with Crippen LogP contribution in [0.4, 0.5) is 14.5 Å². The number of carbonyl (C=O) groups is 1. The lowest BCUT2D eigenvalue weighted by Crippen LogP contribution is -2.57.